The number of aliphatic hydroxyl groups excluding tert-OH is 2. The normalized spacial score (nSPS) is 53.9. The first kappa shape index (κ1) is 25.9. The van der Waals surface area contributed by atoms with Crippen molar-refractivity contribution in [2.24, 2.45) is 52.3 Å². The summed E-state index contributed by atoms with van der Waals surface area (Å²) in [6.45, 7) is 12.0. The van der Waals surface area contributed by atoms with Crippen molar-refractivity contribution in [3.63, 3.8) is 0 Å². The Kier molecular flexibility index (Phi) is 6.86. The first-order valence-corrected chi connectivity index (χ1v) is 14.3. The first-order chi connectivity index (χ1) is 16.6. The number of hydrogen-bond donors (Lipinski definition) is 2. The predicted molar refractivity (Wildman–Crippen MR) is 132 cm³/mol. The van der Waals surface area contributed by atoms with Crippen molar-refractivity contribution in [3.05, 3.63) is 0 Å². The van der Waals surface area contributed by atoms with E-state index in [1.165, 1.54) is 13.3 Å². The number of ether oxygens (including phenoxy) is 3. The van der Waals surface area contributed by atoms with Crippen LogP contribution in [0, 0.1) is 52.3 Å². The molecule has 5 aliphatic rings. The Hall–Kier alpha value is -0.690. The minimum absolute atomic E-state index is 0.0614. The summed E-state index contributed by atoms with van der Waals surface area (Å²) in [5, 5.41) is 21.2. The largest absolute Gasteiger partial charge is 0.463 e. The van der Waals surface area contributed by atoms with E-state index in [-0.39, 0.29) is 54.1 Å². The quantitative estimate of drug-likeness (QED) is 0.560. The van der Waals surface area contributed by atoms with Crippen molar-refractivity contribution in [1.82, 2.24) is 0 Å². The standard InChI is InChI=1S/C29H48O6/c1-17-6-11-29(33-16-17)18(2)26-25(35-29)13-24-22(15-31)23(8-10-28(24,26)5)27(4)9-7-21(34-19(3)32)12-20(27)14-30/h17-18,20-26,30-31H,6-16H2,1-5H3/t17?,18-,20+,21-,22+,23-,24-,25-,26-,27-,28-,29+/m0/s1. The van der Waals surface area contributed by atoms with Gasteiger partial charge in [-0.3, -0.25) is 4.79 Å². The molecule has 2 heterocycles. The lowest BCUT2D eigenvalue weighted by Crippen LogP contribution is -2.54. The maximum absolute atomic E-state index is 11.5. The zero-order valence-corrected chi connectivity index (χ0v) is 22.5. The third-order valence-corrected chi connectivity index (χ3v) is 11.8. The lowest BCUT2D eigenvalue weighted by atomic mass is 9.48. The summed E-state index contributed by atoms with van der Waals surface area (Å²) in [5.41, 5.74) is 0.0814. The van der Waals surface area contributed by atoms with Crippen LogP contribution in [0.5, 0.6) is 0 Å². The fraction of sp³-hybridized carbons (Fsp3) is 0.966. The lowest BCUT2D eigenvalue weighted by Gasteiger charge is -2.57. The van der Waals surface area contributed by atoms with Gasteiger partial charge in [-0.05, 0) is 91.3 Å². The molecule has 0 radical (unpaired) electrons. The molecule has 0 aromatic carbocycles. The van der Waals surface area contributed by atoms with Gasteiger partial charge in [0, 0.05) is 32.5 Å². The summed E-state index contributed by atoms with van der Waals surface area (Å²) in [6.07, 6.45) is 7.97. The van der Waals surface area contributed by atoms with E-state index in [0.29, 0.717) is 36.0 Å². The highest BCUT2D eigenvalue weighted by Crippen LogP contribution is 2.69. The second-order valence-electron chi connectivity index (χ2n) is 13.5. The molecule has 1 spiro atoms. The van der Waals surface area contributed by atoms with E-state index in [1.54, 1.807) is 0 Å². The zero-order valence-electron chi connectivity index (χ0n) is 22.5. The topological polar surface area (TPSA) is 85.2 Å². The van der Waals surface area contributed by atoms with Gasteiger partial charge in [0.2, 0.25) is 0 Å². The fourth-order valence-corrected chi connectivity index (χ4v) is 9.87. The van der Waals surface area contributed by atoms with Crippen LogP contribution < -0.4 is 0 Å². The molecule has 3 aliphatic carbocycles. The highest BCUT2D eigenvalue weighted by molar-refractivity contribution is 5.66. The number of aliphatic hydroxyl groups is 2. The number of esters is 1. The smallest absolute Gasteiger partial charge is 0.302 e. The molecule has 0 aromatic heterocycles. The first-order valence-electron chi connectivity index (χ1n) is 14.3. The maximum Gasteiger partial charge on any atom is 0.302 e. The molecular formula is C29H48O6. The van der Waals surface area contributed by atoms with Crippen LogP contribution in [0.1, 0.15) is 86.0 Å². The fourth-order valence-electron chi connectivity index (χ4n) is 9.87. The molecule has 12 atom stereocenters. The van der Waals surface area contributed by atoms with Gasteiger partial charge in [-0.2, -0.15) is 0 Å². The van der Waals surface area contributed by atoms with Gasteiger partial charge in [0.05, 0.1) is 12.7 Å². The van der Waals surface area contributed by atoms with Gasteiger partial charge in [0.25, 0.3) is 0 Å². The molecule has 0 bridgehead atoms. The Labute approximate surface area is 211 Å². The van der Waals surface area contributed by atoms with Crippen LogP contribution in [0.3, 0.4) is 0 Å². The van der Waals surface area contributed by atoms with Gasteiger partial charge < -0.3 is 24.4 Å². The minimum atomic E-state index is -0.412. The van der Waals surface area contributed by atoms with Crippen LogP contribution in [0.4, 0.5) is 0 Å². The second-order valence-corrected chi connectivity index (χ2v) is 13.5. The van der Waals surface area contributed by atoms with E-state index in [1.807, 2.05) is 0 Å². The van der Waals surface area contributed by atoms with Crippen LogP contribution in [-0.4, -0.2) is 54.0 Å². The number of hydrogen-bond acceptors (Lipinski definition) is 6. The maximum atomic E-state index is 11.5. The van der Waals surface area contributed by atoms with Crippen LogP contribution in [0.15, 0.2) is 0 Å². The molecule has 0 amide bonds. The molecule has 200 valence electrons. The molecule has 3 saturated carbocycles. The second kappa shape index (κ2) is 9.25. The van der Waals surface area contributed by atoms with E-state index in [2.05, 4.69) is 27.7 Å². The van der Waals surface area contributed by atoms with Gasteiger partial charge >= 0.3 is 5.97 Å². The highest BCUT2D eigenvalue weighted by Gasteiger charge is 2.68. The molecular weight excluding hydrogens is 444 g/mol. The molecule has 1 unspecified atom stereocenters. The predicted octanol–water partition coefficient (Wildman–Crippen LogP) is 4.56. The Morgan fingerprint density at radius 2 is 1.71 bits per heavy atom. The molecule has 35 heavy (non-hydrogen) atoms. The average Bonchev–Trinajstić information content (AvgIpc) is 3.26. The van der Waals surface area contributed by atoms with Gasteiger partial charge in [-0.25, -0.2) is 0 Å². The molecule has 2 saturated heterocycles. The number of rotatable bonds is 4. The SMILES string of the molecule is CC(=O)O[C@H]1CC[C@](C)([C@H]2CC[C@]3(C)[C@@H]4[C@H](C[C@H]3[C@@H]2CO)O[C@]2(CCC(C)CO2)[C@H]4C)[C@@H](CO)C1. The van der Waals surface area contributed by atoms with Crippen molar-refractivity contribution < 1.29 is 29.2 Å². The zero-order chi connectivity index (χ0) is 25.2. The number of fused-ring (bicyclic) bond motifs is 3. The van der Waals surface area contributed by atoms with E-state index >= 15 is 0 Å². The number of carbonyl (C=O) groups excluding carboxylic acids is 1. The van der Waals surface area contributed by atoms with E-state index in [9.17, 15) is 15.0 Å². The lowest BCUT2D eigenvalue weighted by molar-refractivity contribution is -0.273. The Morgan fingerprint density at radius 1 is 0.971 bits per heavy atom. The van der Waals surface area contributed by atoms with Crippen molar-refractivity contribution in [2.75, 3.05) is 19.8 Å². The molecule has 5 rings (SSSR count). The summed E-state index contributed by atoms with van der Waals surface area (Å²) in [7, 11) is 0. The van der Waals surface area contributed by atoms with Crippen LogP contribution >= 0.6 is 0 Å². The molecule has 6 heteroatoms. The summed E-state index contributed by atoms with van der Waals surface area (Å²) in [4.78, 5) is 11.5. The summed E-state index contributed by atoms with van der Waals surface area (Å²) < 4.78 is 18.8. The number of carbonyl (C=O) groups is 1. The summed E-state index contributed by atoms with van der Waals surface area (Å²) in [5.74, 6) is 1.86. The van der Waals surface area contributed by atoms with Crippen LogP contribution in [0.25, 0.3) is 0 Å². The van der Waals surface area contributed by atoms with E-state index in [4.69, 9.17) is 14.2 Å². The molecule has 0 aromatic rings. The van der Waals surface area contributed by atoms with Crippen molar-refractivity contribution >= 4 is 5.97 Å². The van der Waals surface area contributed by atoms with E-state index < -0.39 is 5.79 Å². The van der Waals surface area contributed by atoms with Gasteiger partial charge in [-0.15, -0.1) is 0 Å². The highest BCUT2D eigenvalue weighted by atomic mass is 16.7. The van der Waals surface area contributed by atoms with Gasteiger partial charge in [-0.1, -0.05) is 27.7 Å². The van der Waals surface area contributed by atoms with E-state index in [0.717, 1.165) is 45.1 Å². The Balaban J connectivity index is 1.36. The Morgan fingerprint density at radius 3 is 2.34 bits per heavy atom. The van der Waals surface area contributed by atoms with Gasteiger partial charge in [0.1, 0.15) is 6.10 Å². The summed E-state index contributed by atoms with van der Waals surface area (Å²) >= 11 is 0. The Bertz CT molecular complexity index is 792. The molecule has 5 fully saturated rings. The third kappa shape index (κ3) is 4.00. The van der Waals surface area contributed by atoms with Crippen LogP contribution in [0.2, 0.25) is 0 Å². The van der Waals surface area contributed by atoms with Crippen LogP contribution in [-0.2, 0) is 19.0 Å². The molecule has 2 N–H and O–H groups in total. The van der Waals surface area contributed by atoms with Crippen molar-refractivity contribution in [1.29, 1.82) is 0 Å². The third-order valence-electron chi connectivity index (χ3n) is 11.8. The molecule has 6 nitrogen and oxygen atoms in total. The average molecular weight is 493 g/mol. The van der Waals surface area contributed by atoms with Gasteiger partial charge in [0.15, 0.2) is 5.79 Å². The van der Waals surface area contributed by atoms with Crippen molar-refractivity contribution in [3.8, 4) is 0 Å². The minimum Gasteiger partial charge on any atom is -0.463 e. The van der Waals surface area contributed by atoms with Crippen molar-refractivity contribution in [2.45, 2.75) is 104 Å². The monoisotopic (exact) mass is 492 g/mol. The molecule has 2 aliphatic heterocycles. The summed E-state index contributed by atoms with van der Waals surface area (Å²) in [6, 6.07) is 0.